The van der Waals surface area contributed by atoms with Crippen LogP contribution in [0.5, 0.6) is 5.75 Å². The van der Waals surface area contributed by atoms with Gasteiger partial charge in [-0.3, -0.25) is 4.79 Å². The largest absolute Gasteiger partial charge is 0.490 e. The van der Waals surface area contributed by atoms with Gasteiger partial charge in [-0.25, -0.2) is 0 Å². The lowest BCUT2D eigenvalue weighted by atomic mass is 10.1. The van der Waals surface area contributed by atoms with Crippen molar-refractivity contribution in [3.05, 3.63) is 29.8 Å². The Kier molecular flexibility index (Phi) is 3.89. The van der Waals surface area contributed by atoms with Crippen LogP contribution in [0.4, 0.5) is 0 Å². The molecule has 1 aromatic carbocycles. The second-order valence-corrected chi connectivity index (χ2v) is 4.15. The van der Waals surface area contributed by atoms with Crippen molar-refractivity contribution >= 4 is 5.78 Å². The molecule has 0 aliphatic rings. The number of ether oxygens (including phenoxy) is 1. The van der Waals surface area contributed by atoms with Gasteiger partial charge in [0.05, 0.1) is 6.10 Å². The maximum Gasteiger partial charge on any atom is 0.159 e. The highest BCUT2D eigenvalue weighted by Gasteiger charge is 2.09. The zero-order valence-electron chi connectivity index (χ0n) is 9.78. The van der Waals surface area contributed by atoms with Crippen LogP contribution in [0.25, 0.3) is 0 Å². The zero-order chi connectivity index (χ0) is 11.4. The van der Waals surface area contributed by atoms with Gasteiger partial charge in [-0.1, -0.05) is 26.0 Å². The van der Waals surface area contributed by atoms with E-state index in [-0.39, 0.29) is 11.9 Å². The normalized spacial score (nSPS) is 12.6. The first-order valence-corrected chi connectivity index (χ1v) is 5.28. The fraction of sp³-hybridized carbons (Fsp3) is 0.462. The summed E-state index contributed by atoms with van der Waals surface area (Å²) in [4.78, 5) is 11.2. The van der Waals surface area contributed by atoms with Crippen molar-refractivity contribution in [3.8, 4) is 5.75 Å². The molecule has 2 heteroatoms. The molecule has 0 amide bonds. The van der Waals surface area contributed by atoms with Crippen molar-refractivity contribution in [1.29, 1.82) is 0 Å². The molecular weight excluding hydrogens is 188 g/mol. The third kappa shape index (κ3) is 3.39. The Morgan fingerprint density at radius 1 is 1.27 bits per heavy atom. The molecular formula is C13H18O2. The van der Waals surface area contributed by atoms with Crippen LogP contribution >= 0.6 is 0 Å². The molecule has 1 unspecified atom stereocenters. The molecule has 0 bridgehead atoms. The molecule has 0 aromatic heterocycles. The van der Waals surface area contributed by atoms with Gasteiger partial charge in [0.15, 0.2) is 5.78 Å². The summed E-state index contributed by atoms with van der Waals surface area (Å²) in [6.45, 7) is 7.81. The van der Waals surface area contributed by atoms with E-state index in [0.29, 0.717) is 11.5 Å². The standard InChI is InChI=1S/C13H18O2/c1-9(2)11(4)15-13-7-5-6-12(8-13)10(3)14/h5-9,11H,1-4H3. The summed E-state index contributed by atoms with van der Waals surface area (Å²) in [5.74, 6) is 1.30. The predicted octanol–water partition coefficient (Wildman–Crippen LogP) is 3.31. The summed E-state index contributed by atoms with van der Waals surface area (Å²) in [5, 5.41) is 0. The number of carbonyl (C=O) groups is 1. The Bertz CT molecular complexity index is 342. The van der Waals surface area contributed by atoms with E-state index in [9.17, 15) is 4.79 Å². The topological polar surface area (TPSA) is 26.3 Å². The molecule has 0 saturated heterocycles. The van der Waals surface area contributed by atoms with Crippen LogP contribution in [0.15, 0.2) is 24.3 Å². The van der Waals surface area contributed by atoms with Gasteiger partial charge in [0, 0.05) is 5.56 Å². The Balaban J connectivity index is 2.78. The van der Waals surface area contributed by atoms with Crippen molar-refractivity contribution in [3.63, 3.8) is 0 Å². The molecule has 0 aliphatic carbocycles. The quantitative estimate of drug-likeness (QED) is 0.706. The lowest BCUT2D eigenvalue weighted by molar-refractivity contribution is 0.101. The Hall–Kier alpha value is -1.31. The lowest BCUT2D eigenvalue weighted by Gasteiger charge is -2.18. The summed E-state index contributed by atoms with van der Waals surface area (Å²) in [7, 11) is 0. The van der Waals surface area contributed by atoms with E-state index < -0.39 is 0 Å². The van der Waals surface area contributed by atoms with E-state index in [0.717, 1.165) is 5.75 Å². The minimum atomic E-state index is 0.0673. The molecule has 0 spiro atoms. The van der Waals surface area contributed by atoms with E-state index in [2.05, 4.69) is 13.8 Å². The number of benzene rings is 1. The van der Waals surface area contributed by atoms with Gasteiger partial charge in [0.25, 0.3) is 0 Å². The third-order valence-electron chi connectivity index (χ3n) is 2.50. The van der Waals surface area contributed by atoms with E-state index in [1.165, 1.54) is 0 Å². The molecule has 0 N–H and O–H groups in total. The van der Waals surface area contributed by atoms with Gasteiger partial charge in [0.1, 0.15) is 5.75 Å². The van der Waals surface area contributed by atoms with Crippen LogP contribution in [-0.4, -0.2) is 11.9 Å². The number of carbonyl (C=O) groups excluding carboxylic acids is 1. The average molecular weight is 206 g/mol. The predicted molar refractivity (Wildman–Crippen MR) is 61.4 cm³/mol. The molecule has 0 radical (unpaired) electrons. The van der Waals surface area contributed by atoms with Gasteiger partial charge >= 0.3 is 0 Å². The highest BCUT2D eigenvalue weighted by atomic mass is 16.5. The number of rotatable bonds is 4. The summed E-state index contributed by atoms with van der Waals surface area (Å²) in [5.41, 5.74) is 0.698. The fourth-order valence-corrected chi connectivity index (χ4v) is 1.14. The van der Waals surface area contributed by atoms with Crippen LogP contribution in [0.2, 0.25) is 0 Å². The molecule has 1 aromatic rings. The van der Waals surface area contributed by atoms with Gasteiger partial charge in [-0.15, -0.1) is 0 Å². The third-order valence-corrected chi connectivity index (χ3v) is 2.50. The lowest BCUT2D eigenvalue weighted by Crippen LogP contribution is -2.18. The van der Waals surface area contributed by atoms with Crippen LogP contribution in [0.3, 0.4) is 0 Å². The molecule has 2 nitrogen and oxygen atoms in total. The molecule has 0 fully saturated rings. The van der Waals surface area contributed by atoms with Crippen LogP contribution in [0.1, 0.15) is 38.1 Å². The molecule has 1 atom stereocenters. The van der Waals surface area contributed by atoms with Gasteiger partial charge in [0.2, 0.25) is 0 Å². The maximum atomic E-state index is 11.2. The molecule has 0 heterocycles. The number of hydrogen-bond donors (Lipinski definition) is 0. The average Bonchev–Trinajstić information content (AvgIpc) is 2.18. The minimum Gasteiger partial charge on any atom is -0.490 e. The van der Waals surface area contributed by atoms with Gasteiger partial charge in [-0.2, -0.15) is 0 Å². The van der Waals surface area contributed by atoms with Crippen molar-refractivity contribution in [1.82, 2.24) is 0 Å². The molecule has 1 rings (SSSR count). The smallest absolute Gasteiger partial charge is 0.159 e. The first kappa shape index (κ1) is 11.8. The number of Topliss-reactive ketones (excluding diaryl/α,β-unsaturated/α-hetero) is 1. The first-order chi connectivity index (χ1) is 7.00. The molecule has 0 aliphatic heterocycles. The summed E-state index contributed by atoms with van der Waals surface area (Å²) in [6.07, 6.45) is 0.159. The van der Waals surface area contributed by atoms with E-state index in [4.69, 9.17) is 4.74 Å². The number of ketones is 1. The van der Waals surface area contributed by atoms with Crippen molar-refractivity contribution in [2.24, 2.45) is 5.92 Å². The highest BCUT2D eigenvalue weighted by molar-refractivity contribution is 5.94. The van der Waals surface area contributed by atoms with Gasteiger partial charge in [-0.05, 0) is 31.9 Å². The summed E-state index contributed by atoms with van der Waals surface area (Å²) in [6, 6.07) is 7.32. The second-order valence-electron chi connectivity index (χ2n) is 4.15. The summed E-state index contributed by atoms with van der Waals surface area (Å²) < 4.78 is 5.71. The van der Waals surface area contributed by atoms with E-state index in [1.54, 1.807) is 19.1 Å². The molecule has 0 saturated carbocycles. The van der Waals surface area contributed by atoms with E-state index in [1.807, 2.05) is 19.1 Å². The van der Waals surface area contributed by atoms with Crippen LogP contribution in [-0.2, 0) is 0 Å². The SMILES string of the molecule is CC(=O)c1cccc(OC(C)C(C)C)c1. The highest BCUT2D eigenvalue weighted by Crippen LogP contribution is 2.17. The minimum absolute atomic E-state index is 0.0673. The maximum absolute atomic E-state index is 11.2. The van der Waals surface area contributed by atoms with Gasteiger partial charge < -0.3 is 4.74 Å². The van der Waals surface area contributed by atoms with Crippen LogP contribution in [0, 0.1) is 5.92 Å². The Labute approximate surface area is 91.3 Å². The summed E-state index contributed by atoms with van der Waals surface area (Å²) >= 11 is 0. The fourth-order valence-electron chi connectivity index (χ4n) is 1.14. The molecule has 15 heavy (non-hydrogen) atoms. The zero-order valence-corrected chi connectivity index (χ0v) is 9.78. The molecule has 82 valence electrons. The van der Waals surface area contributed by atoms with E-state index >= 15 is 0 Å². The first-order valence-electron chi connectivity index (χ1n) is 5.28. The Morgan fingerprint density at radius 3 is 2.47 bits per heavy atom. The monoisotopic (exact) mass is 206 g/mol. The number of hydrogen-bond acceptors (Lipinski definition) is 2. The Morgan fingerprint density at radius 2 is 1.93 bits per heavy atom. The second kappa shape index (κ2) is 4.96. The van der Waals surface area contributed by atoms with Crippen molar-refractivity contribution in [2.45, 2.75) is 33.8 Å². The van der Waals surface area contributed by atoms with Crippen molar-refractivity contribution < 1.29 is 9.53 Å². The van der Waals surface area contributed by atoms with Crippen LogP contribution < -0.4 is 4.74 Å². The van der Waals surface area contributed by atoms with Crippen molar-refractivity contribution in [2.75, 3.05) is 0 Å².